The highest BCUT2D eigenvalue weighted by atomic mass is 79.9. The van der Waals surface area contributed by atoms with Crippen molar-refractivity contribution >= 4 is 39.7 Å². The highest BCUT2D eigenvalue weighted by Crippen LogP contribution is 2.28. The van der Waals surface area contributed by atoms with Gasteiger partial charge in [0, 0.05) is 15.1 Å². The molecule has 7 heteroatoms. The molecule has 0 heterocycles. The van der Waals surface area contributed by atoms with Crippen LogP contribution in [-0.4, -0.2) is 19.2 Å². The van der Waals surface area contributed by atoms with Crippen molar-refractivity contribution in [1.29, 1.82) is 0 Å². The lowest BCUT2D eigenvalue weighted by Crippen LogP contribution is -2.17. The third kappa shape index (κ3) is 6.07. The second kappa shape index (κ2) is 10.1. The van der Waals surface area contributed by atoms with Crippen LogP contribution < -0.4 is 14.9 Å². The molecule has 0 radical (unpaired) electrons. The molecule has 0 fully saturated rings. The van der Waals surface area contributed by atoms with E-state index in [2.05, 4.69) is 26.5 Å². The fraction of sp³-hybridized carbons (Fsp3) is 0.0909. The van der Waals surface area contributed by atoms with Gasteiger partial charge in [-0.2, -0.15) is 5.10 Å². The predicted molar refractivity (Wildman–Crippen MR) is 118 cm³/mol. The number of carbonyl (C=O) groups is 1. The average Bonchev–Trinajstić information content (AvgIpc) is 2.73. The zero-order valence-corrected chi connectivity index (χ0v) is 17.9. The van der Waals surface area contributed by atoms with Crippen molar-refractivity contribution in [2.24, 2.45) is 5.10 Å². The number of nitrogens with one attached hydrogen (secondary N) is 1. The Kier molecular flexibility index (Phi) is 7.27. The van der Waals surface area contributed by atoms with Gasteiger partial charge in [0.15, 0.2) is 11.5 Å². The van der Waals surface area contributed by atoms with E-state index in [0.29, 0.717) is 28.7 Å². The molecular weight excluding hydrogens is 456 g/mol. The molecule has 0 saturated carbocycles. The number of halogens is 2. The van der Waals surface area contributed by atoms with Gasteiger partial charge in [0.25, 0.3) is 5.91 Å². The first-order chi connectivity index (χ1) is 14.0. The predicted octanol–water partition coefficient (Wildman–Crippen LogP) is 5.45. The number of hydrogen-bond donors (Lipinski definition) is 1. The maximum atomic E-state index is 12.1. The second-order valence-corrected chi connectivity index (χ2v) is 7.39. The molecule has 0 spiro atoms. The summed E-state index contributed by atoms with van der Waals surface area (Å²) in [6.45, 7) is 0.369. The van der Waals surface area contributed by atoms with Gasteiger partial charge in [0.1, 0.15) is 6.61 Å². The quantitative estimate of drug-likeness (QED) is 0.366. The van der Waals surface area contributed by atoms with Crippen LogP contribution in [0.25, 0.3) is 0 Å². The van der Waals surface area contributed by atoms with Gasteiger partial charge < -0.3 is 9.47 Å². The zero-order valence-electron chi connectivity index (χ0n) is 15.6. The molecule has 0 aliphatic carbocycles. The van der Waals surface area contributed by atoms with Crippen LogP contribution in [0, 0.1) is 0 Å². The van der Waals surface area contributed by atoms with E-state index < -0.39 is 0 Å². The van der Waals surface area contributed by atoms with Gasteiger partial charge in [-0.15, -0.1) is 0 Å². The molecule has 0 unspecified atom stereocenters. The Morgan fingerprint density at radius 1 is 1.10 bits per heavy atom. The Balaban J connectivity index is 1.66. The minimum Gasteiger partial charge on any atom is -0.493 e. The molecule has 1 N–H and O–H groups in total. The number of nitrogens with zero attached hydrogens (tertiary/aromatic N) is 1. The average molecular weight is 474 g/mol. The fourth-order valence-electron chi connectivity index (χ4n) is 2.49. The number of benzene rings is 3. The summed E-state index contributed by atoms with van der Waals surface area (Å²) >= 11 is 9.25. The molecule has 0 bridgehead atoms. The van der Waals surface area contributed by atoms with Crippen molar-refractivity contribution < 1.29 is 14.3 Å². The van der Waals surface area contributed by atoms with Crippen LogP contribution in [0.1, 0.15) is 21.5 Å². The maximum absolute atomic E-state index is 12.1. The van der Waals surface area contributed by atoms with E-state index in [1.54, 1.807) is 43.7 Å². The SMILES string of the molecule is COc1ccc(/C=N\NC(=O)c2cccc(Br)c2)cc1OCc1ccc(Cl)cc1. The molecular formula is C22H18BrClN2O3. The number of ether oxygens (including phenoxy) is 2. The van der Waals surface area contributed by atoms with Crippen LogP contribution in [0.5, 0.6) is 11.5 Å². The summed E-state index contributed by atoms with van der Waals surface area (Å²) in [5.74, 6) is 0.884. The molecule has 3 aromatic rings. The molecule has 0 aromatic heterocycles. The van der Waals surface area contributed by atoms with Gasteiger partial charge in [-0.3, -0.25) is 4.79 Å². The summed E-state index contributed by atoms with van der Waals surface area (Å²) in [6.07, 6.45) is 1.55. The second-order valence-electron chi connectivity index (χ2n) is 6.03. The summed E-state index contributed by atoms with van der Waals surface area (Å²) in [5.41, 5.74) is 4.76. The molecule has 3 aromatic carbocycles. The van der Waals surface area contributed by atoms with E-state index >= 15 is 0 Å². The lowest BCUT2D eigenvalue weighted by atomic mass is 10.2. The first kappa shape index (κ1) is 20.9. The van der Waals surface area contributed by atoms with Crippen LogP contribution in [0.3, 0.4) is 0 Å². The van der Waals surface area contributed by atoms with Crippen molar-refractivity contribution in [3.8, 4) is 11.5 Å². The Morgan fingerprint density at radius 2 is 1.90 bits per heavy atom. The Morgan fingerprint density at radius 3 is 2.62 bits per heavy atom. The summed E-state index contributed by atoms with van der Waals surface area (Å²) in [6, 6.07) is 19.9. The van der Waals surface area contributed by atoms with Gasteiger partial charge in [-0.05, 0) is 59.7 Å². The number of methoxy groups -OCH3 is 1. The fourth-order valence-corrected chi connectivity index (χ4v) is 3.01. The number of carbonyl (C=O) groups excluding carboxylic acids is 1. The Labute approximate surface area is 182 Å². The van der Waals surface area contributed by atoms with Gasteiger partial charge >= 0.3 is 0 Å². The lowest BCUT2D eigenvalue weighted by Gasteiger charge is -2.11. The molecule has 148 valence electrons. The van der Waals surface area contributed by atoms with Crippen LogP contribution >= 0.6 is 27.5 Å². The van der Waals surface area contributed by atoms with Gasteiger partial charge in [0.05, 0.1) is 13.3 Å². The van der Waals surface area contributed by atoms with E-state index in [0.717, 1.165) is 15.6 Å². The zero-order chi connectivity index (χ0) is 20.6. The maximum Gasteiger partial charge on any atom is 0.271 e. The number of hydrogen-bond acceptors (Lipinski definition) is 4. The molecule has 0 atom stereocenters. The van der Waals surface area contributed by atoms with Crippen LogP contribution in [0.15, 0.2) is 76.3 Å². The van der Waals surface area contributed by atoms with Gasteiger partial charge in [-0.25, -0.2) is 5.43 Å². The molecule has 0 aliphatic heterocycles. The molecule has 29 heavy (non-hydrogen) atoms. The Hall–Kier alpha value is -2.83. The highest BCUT2D eigenvalue weighted by Gasteiger charge is 2.07. The van der Waals surface area contributed by atoms with E-state index in [9.17, 15) is 4.79 Å². The van der Waals surface area contributed by atoms with Crippen molar-refractivity contribution in [3.63, 3.8) is 0 Å². The third-order valence-corrected chi connectivity index (χ3v) is 4.71. The first-order valence-electron chi connectivity index (χ1n) is 8.69. The van der Waals surface area contributed by atoms with Crippen LogP contribution in [0.2, 0.25) is 5.02 Å². The summed E-state index contributed by atoms with van der Waals surface area (Å²) in [5, 5.41) is 4.70. The van der Waals surface area contributed by atoms with E-state index in [-0.39, 0.29) is 5.91 Å². The van der Waals surface area contributed by atoms with E-state index in [1.807, 2.05) is 36.4 Å². The monoisotopic (exact) mass is 472 g/mol. The van der Waals surface area contributed by atoms with E-state index in [4.69, 9.17) is 21.1 Å². The molecule has 0 aliphatic rings. The molecule has 0 saturated heterocycles. The smallest absolute Gasteiger partial charge is 0.271 e. The molecule has 1 amide bonds. The van der Waals surface area contributed by atoms with Gasteiger partial charge in [0.2, 0.25) is 0 Å². The lowest BCUT2D eigenvalue weighted by molar-refractivity contribution is 0.0955. The normalized spacial score (nSPS) is 10.7. The standard InChI is InChI=1S/C22H18BrClN2O3/c1-28-20-10-7-16(11-21(20)29-14-15-5-8-19(24)9-6-15)13-25-26-22(27)17-3-2-4-18(23)12-17/h2-13H,14H2,1H3,(H,26,27)/b25-13-. The van der Waals surface area contributed by atoms with Crippen molar-refractivity contribution in [2.45, 2.75) is 6.61 Å². The molecule has 3 rings (SSSR count). The van der Waals surface area contributed by atoms with E-state index in [1.165, 1.54) is 0 Å². The summed E-state index contributed by atoms with van der Waals surface area (Å²) in [7, 11) is 1.58. The van der Waals surface area contributed by atoms with Crippen LogP contribution in [-0.2, 0) is 6.61 Å². The van der Waals surface area contributed by atoms with Crippen molar-refractivity contribution in [1.82, 2.24) is 5.43 Å². The summed E-state index contributed by atoms with van der Waals surface area (Å²) in [4.78, 5) is 12.1. The summed E-state index contributed by atoms with van der Waals surface area (Å²) < 4.78 is 12.1. The molecule has 5 nitrogen and oxygen atoms in total. The third-order valence-electron chi connectivity index (χ3n) is 3.96. The topological polar surface area (TPSA) is 59.9 Å². The number of rotatable bonds is 7. The number of amides is 1. The number of hydrazone groups is 1. The largest absolute Gasteiger partial charge is 0.493 e. The van der Waals surface area contributed by atoms with Gasteiger partial charge in [-0.1, -0.05) is 45.7 Å². The van der Waals surface area contributed by atoms with Crippen molar-refractivity contribution in [3.05, 3.63) is 92.9 Å². The first-order valence-corrected chi connectivity index (χ1v) is 9.86. The van der Waals surface area contributed by atoms with Crippen LogP contribution in [0.4, 0.5) is 0 Å². The highest BCUT2D eigenvalue weighted by molar-refractivity contribution is 9.10. The minimum atomic E-state index is -0.296. The Bertz CT molecular complexity index is 1020. The minimum absolute atomic E-state index is 0.296. The van der Waals surface area contributed by atoms with Crippen molar-refractivity contribution in [2.75, 3.05) is 7.11 Å².